The molecule has 3 unspecified atom stereocenters. The van der Waals surface area contributed by atoms with E-state index in [9.17, 15) is 0 Å². The molecule has 0 saturated heterocycles. The van der Waals surface area contributed by atoms with Crippen molar-refractivity contribution < 1.29 is 0 Å². The van der Waals surface area contributed by atoms with Gasteiger partial charge in [-0.3, -0.25) is 4.99 Å². The Labute approximate surface area is 186 Å². The van der Waals surface area contributed by atoms with E-state index in [4.69, 9.17) is 0 Å². The first kappa shape index (κ1) is 24.7. The van der Waals surface area contributed by atoms with Gasteiger partial charge in [-0.15, -0.1) is 0 Å². The summed E-state index contributed by atoms with van der Waals surface area (Å²) in [6.07, 6.45) is 15.5. The molecular formula is C28H46N2. The van der Waals surface area contributed by atoms with E-state index in [1.54, 1.807) is 5.57 Å². The van der Waals surface area contributed by atoms with Gasteiger partial charge in [0.25, 0.3) is 0 Å². The minimum Gasteiger partial charge on any atom is -0.364 e. The van der Waals surface area contributed by atoms with Crippen molar-refractivity contribution in [3.8, 4) is 0 Å². The summed E-state index contributed by atoms with van der Waals surface area (Å²) < 4.78 is 0. The van der Waals surface area contributed by atoms with Gasteiger partial charge in [0.2, 0.25) is 0 Å². The fourth-order valence-corrected chi connectivity index (χ4v) is 5.03. The number of hydrogen-bond donors (Lipinski definition) is 0. The van der Waals surface area contributed by atoms with Crippen LogP contribution in [-0.2, 0) is 0 Å². The Morgan fingerprint density at radius 1 is 1.20 bits per heavy atom. The minimum absolute atomic E-state index is 0.0221. The molecule has 0 aromatic rings. The predicted molar refractivity (Wildman–Crippen MR) is 134 cm³/mol. The highest BCUT2D eigenvalue weighted by Gasteiger charge is 2.52. The molecule has 2 aliphatic heterocycles. The zero-order valence-corrected chi connectivity index (χ0v) is 21.4. The smallest absolute Gasteiger partial charge is 0.0470 e. The van der Waals surface area contributed by atoms with Crippen molar-refractivity contribution in [3.05, 3.63) is 47.3 Å². The van der Waals surface area contributed by atoms with Gasteiger partial charge in [0.15, 0.2) is 0 Å². The molecule has 2 aliphatic rings. The first-order valence-electron chi connectivity index (χ1n) is 11.8. The fraction of sp³-hybridized carbons (Fsp3) is 0.679. The third-order valence-electron chi connectivity index (χ3n) is 7.67. The van der Waals surface area contributed by atoms with Crippen molar-refractivity contribution in [2.45, 2.75) is 94.5 Å². The zero-order valence-electron chi connectivity index (χ0n) is 21.4. The second kappa shape index (κ2) is 8.52. The summed E-state index contributed by atoms with van der Waals surface area (Å²) >= 11 is 0. The standard InChI is InChI=1S/C28H46N2/c1-12-14-16-28(10)24-18-21(25(3,4)5)15-17-30(24)22(20-27(28,9)13-2)19-23(29-11)26(6,7)8/h14-16,19-20,24H,11-13,17-18H2,1-10H3/b16-14?,23-19-. The van der Waals surface area contributed by atoms with Gasteiger partial charge in [0.1, 0.15) is 0 Å². The van der Waals surface area contributed by atoms with Crippen molar-refractivity contribution in [2.75, 3.05) is 6.54 Å². The SMILES string of the molecule is C=N/C(=C\C1=CC(C)(CC)C(C)(C=CCC)C2CC(C(C)(C)C)=CCN12)C(C)(C)C. The molecule has 0 aromatic heterocycles. The first-order valence-corrected chi connectivity index (χ1v) is 11.8. The molecule has 0 aromatic carbocycles. The molecule has 0 fully saturated rings. The van der Waals surface area contributed by atoms with Crippen LogP contribution in [0.5, 0.6) is 0 Å². The van der Waals surface area contributed by atoms with Crippen molar-refractivity contribution in [3.63, 3.8) is 0 Å². The maximum atomic E-state index is 4.42. The predicted octanol–water partition coefficient (Wildman–Crippen LogP) is 7.95. The van der Waals surface area contributed by atoms with Gasteiger partial charge < -0.3 is 4.90 Å². The molecule has 0 aliphatic carbocycles. The number of rotatable bonds is 5. The Morgan fingerprint density at radius 2 is 1.83 bits per heavy atom. The number of hydrogen-bond acceptors (Lipinski definition) is 2. The third kappa shape index (κ3) is 4.53. The second-order valence-electron chi connectivity index (χ2n) is 11.7. The van der Waals surface area contributed by atoms with Gasteiger partial charge in [-0.1, -0.05) is 99.1 Å². The van der Waals surface area contributed by atoms with E-state index in [0.717, 1.165) is 31.5 Å². The van der Waals surface area contributed by atoms with E-state index >= 15 is 0 Å². The summed E-state index contributed by atoms with van der Waals surface area (Å²) in [6, 6.07) is 0.437. The third-order valence-corrected chi connectivity index (χ3v) is 7.67. The lowest BCUT2D eigenvalue weighted by Gasteiger charge is -2.58. The summed E-state index contributed by atoms with van der Waals surface area (Å²) in [5.41, 5.74) is 4.30. The van der Waals surface area contributed by atoms with Gasteiger partial charge in [0.05, 0.1) is 0 Å². The van der Waals surface area contributed by atoms with Crippen LogP contribution in [0.4, 0.5) is 0 Å². The van der Waals surface area contributed by atoms with Crippen LogP contribution in [-0.4, -0.2) is 24.2 Å². The fourth-order valence-electron chi connectivity index (χ4n) is 5.03. The Balaban J connectivity index is 2.73. The summed E-state index contributed by atoms with van der Waals surface area (Å²) in [5.74, 6) is 0. The first-order chi connectivity index (χ1) is 13.7. The van der Waals surface area contributed by atoms with Crippen LogP contribution >= 0.6 is 0 Å². The molecule has 0 radical (unpaired) electrons. The normalized spacial score (nSPS) is 30.8. The molecule has 3 atom stereocenters. The van der Waals surface area contributed by atoms with Crippen molar-refractivity contribution >= 4 is 6.72 Å². The number of fused-ring (bicyclic) bond motifs is 1. The molecule has 2 heterocycles. The molecular weight excluding hydrogens is 364 g/mol. The molecule has 30 heavy (non-hydrogen) atoms. The van der Waals surface area contributed by atoms with Crippen molar-refractivity contribution in [1.29, 1.82) is 0 Å². The summed E-state index contributed by atoms with van der Waals surface area (Å²) in [6.45, 7) is 28.1. The minimum atomic E-state index is -0.0221. The number of nitrogens with zero attached hydrogens (tertiary/aromatic N) is 2. The van der Waals surface area contributed by atoms with Gasteiger partial charge in [-0.2, -0.15) is 0 Å². The van der Waals surface area contributed by atoms with Crippen LogP contribution in [0.3, 0.4) is 0 Å². The molecule has 0 N–H and O–H groups in total. The van der Waals surface area contributed by atoms with Gasteiger partial charge >= 0.3 is 0 Å². The van der Waals surface area contributed by atoms with Crippen molar-refractivity contribution in [1.82, 2.24) is 4.90 Å². The summed E-state index contributed by atoms with van der Waals surface area (Å²) in [5, 5.41) is 0. The highest BCUT2D eigenvalue weighted by molar-refractivity contribution is 5.40. The molecule has 0 bridgehead atoms. The van der Waals surface area contributed by atoms with Gasteiger partial charge in [0, 0.05) is 34.8 Å². The lowest BCUT2D eigenvalue weighted by Crippen LogP contribution is -2.57. The number of allylic oxidation sites excluding steroid dienone is 4. The lowest BCUT2D eigenvalue weighted by atomic mass is 9.55. The Hall–Kier alpha value is -1.57. The zero-order chi connectivity index (χ0) is 23.0. The Bertz CT molecular complexity index is 765. The van der Waals surface area contributed by atoms with E-state index in [0.29, 0.717) is 6.04 Å². The maximum absolute atomic E-state index is 4.42. The van der Waals surface area contributed by atoms with E-state index in [2.05, 4.69) is 116 Å². The molecule has 2 nitrogen and oxygen atoms in total. The Morgan fingerprint density at radius 3 is 2.30 bits per heavy atom. The maximum Gasteiger partial charge on any atom is 0.0470 e. The van der Waals surface area contributed by atoms with E-state index in [1.807, 2.05) is 0 Å². The van der Waals surface area contributed by atoms with E-state index in [1.165, 1.54) is 5.70 Å². The molecule has 0 saturated carbocycles. The van der Waals surface area contributed by atoms with Crippen LogP contribution in [0.25, 0.3) is 0 Å². The molecule has 168 valence electrons. The molecule has 2 rings (SSSR count). The van der Waals surface area contributed by atoms with E-state index < -0.39 is 0 Å². The van der Waals surface area contributed by atoms with Crippen LogP contribution in [0.15, 0.2) is 52.3 Å². The van der Waals surface area contributed by atoms with E-state index in [-0.39, 0.29) is 21.7 Å². The van der Waals surface area contributed by atoms with Crippen LogP contribution in [0.2, 0.25) is 0 Å². The lowest BCUT2D eigenvalue weighted by molar-refractivity contribution is 0.0272. The van der Waals surface area contributed by atoms with Crippen molar-refractivity contribution in [2.24, 2.45) is 26.7 Å². The Kier molecular flexibility index (Phi) is 7.01. The van der Waals surface area contributed by atoms with Gasteiger partial charge in [-0.05, 0) is 42.9 Å². The quantitative estimate of drug-likeness (QED) is 0.331. The highest BCUT2D eigenvalue weighted by atomic mass is 15.2. The van der Waals surface area contributed by atoms with Crippen LogP contribution in [0.1, 0.15) is 88.5 Å². The average Bonchev–Trinajstić information content (AvgIpc) is 2.66. The average molecular weight is 411 g/mol. The largest absolute Gasteiger partial charge is 0.364 e. The summed E-state index contributed by atoms with van der Waals surface area (Å²) in [4.78, 5) is 7.05. The van der Waals surface area contributed by atoms with Crippen LogP contribution in [0, 0.1) is 21.7 Å². The molecule has 2 heteroatoms. The topological polar surface area (TPSA) is 15.6 Å². The molecule has 0 spiro atoms. The molecule has 0 amide bonds. The van der Waals surface area contributed by atoms with Gasteiger partial charge in [-0.25, -0.2) is 0 Å². The second-order valence-corrected chi connectivity index (χ2v) is 11.7. The summed E-state index contributed by atoms with van der Waals surface area (Å²) in [7, 11) is 0. The number of aliphatic imine (C=N–C) groups is 1. The van der Waals surface area contributed by atoms with Crippen LogP contribution < -0.4 is 0 Å². The monoisotopic (exact) mass is 410 g/mol. The highest BCUT2D eigenvalue weighted by Crippen LogP contribution is 2.56.